The summed E-state index contributed by atoms with van der Waals surface area (Å²) in [5.41, 5.74) is 1.57. The van der Waals surface area contributed by atoms with Crippen LogP contribution >= 0.6 is 11.8 Å². The number of imidazole rings is 1. The molecule has 0 radical (unpaired) electrons. The summed E-state index contributed by atoms with van der Waals surface area (Å²) in [7, 11) is 3.43. The largest absolute Gasteiger partial charge is 0.485 e. The van der Waals surface area contributed by atoms with Gasteiger partial charge in [-0.3, -0.25) is 4.99 Å². The summed E-state index contributed by atoms with van der Waals surface area (Å²) >= 11 is 1.20. The highest BCUT2D eigenvalue weighted by atomic mass is 32.2. The summed E-state index contributed by atoms with van der Waals surface area (Å²) in [6.45, 7) is 1.31. The van der Waals surface area contributed by atoms with Gasteiger partial charge in [-0.15, -0.1) is 0 Å². The summed E-state index contributed by atoms with van der Waals surface area (Å²) in [5, 5.41) is 19.3. The number of nitriles is 1. The number of rotatable bonds is 11. The van der Waals surface area contributed by atoms with Crippen molar-refractivity contribution in [3.8, 4) is 34.9 Å². The molecule has 3 aromatic carbocycles. The fraction of sp³-hybridized carbons (Fsp3) is 0.147. The Balaban J connectivity index is 1.31. The van der Waals surface area contributed by atoms with E-state index in [0.717, 1.165) is 11.8 Å². The first-order valence-electron chi connectivity index (χ1n) is 14.4. The SMILES string of the molecule is CN1CCN=C1c1cc(Sc2ncc(C(=O)O)n2C)ccc1Oc1c(F)cnc(Oc2cc(C#N)ccc2OCc2ccccc2)c1F. The first-order valence-corrected chi connectivity index (χ1v) is 15.3. The number of pyridine rings is 1. The van der Waals surface area contributed by atoms with Crippen LogP contribution in [0.3, 0.4) is 0 Å². The van der Waals surface area contributed by atoms with Crippen LogP contribution in [-0.2, 0) is 13.7 Å². The summed E-state index contributed by atoms with van der Waals surface area (Å²) in [5.74, 6) is -3.91. The van der Waals surface area contributed by atoms with Crippen LogP contribution < -0.4 is 14.2 Å². The van der Waals surface area contributed by atoms with E-state index in [9.17, 15) is 15.2 Å². The third kappa shape index (κ3) is 6.76. The summed E-state index contributed by atoms with van der Waals surface area (Å²) in [4.78, 5) is 26.6. The lowest BCUT2D eigenvalue weighted by molar-refractivity contribution is 0.0685. The van der Waals surface area contributed by atoms with Crippen molar-refractivity contribution >= 4 is 23.6 Å². The first kappa shape index (κ1) is 32.0. The predicted molar refractivity (Wildman–Crippen MR) is 171 cm³/mol. The van der Waals surface area contributed by atoms with E-state index in [4.69, 9.17) is 14.2 Å². The molecule has 0 unspecified atom stereocenters. The van der Waals surface area contributed by atoms with Crippen molar-refractivity contribution in [2.75, 3.05) is 20.1 Å². The minimum absolute atomic E-state index is 0.00159. The quantitative estimate of drug-likeness (QED) is 0.163. The molecule has 0 bridgehead atoms. The van der Waals surface area contributed by atoms with Crippen molar-refractivity contribution in [1.82, 2.24) is 19.4 Å². The number of benzene rings is 3. The van der Waals surface area contributed by atoms with E-state index in [1.807, 2.05) is 48.3 Å². The molecule has 5 aromatic rings. The molecule has 0 saturated heterocycles. The third-order valence-electron chi connectivity index (χ3n) is 7.25. The van der Waals surface area contributed by atoms with E-state index < -0.39 is 29.2 Å². The number of nitrogens with zero attached hydrogens (tertiary/aromatic N) is 6. The van der Waals surface area contributed by atoms with Gasteiger partial charge in [-0.2, -0.15) is 9.65 Å². The monoisotopic (exact) mass is 668 g/mol. The number of ether oxygens (including phenoxy) is 3. The molecule has 0 spiro atoms. The number of aromatic nitrogens is 3. The van der Waals surface area contributed by atoms with Gasteiger partial charge in [-0.1, -0.05) is 42.1 Å². The van der Waals surface area contributed by atoms with Crippen LogP contribution in [0.4, 0.5) is 8.78 Å². The van der Waals surface area contributed by atoms with E-state index in [1.165, 1.54) is 40.7 Å². The molecule has 242 valence electrons. The number of carbonyl (C=O) groups is 1. The highest BCUT2D eigenvalue weighted by molar-refractivity contribution is 7.99. The molecule has 1 N–H and O–H groups in total. The zero-order valence-corrected chi connectivity index (χ0v) is 26.4. The standard InChI is InChI=1S/C34H26F2N6O5S/c1-41-13-12-38-31(41)23-15-22(48-34-40-18-25(33(43)44)42(34)2)9-11-26(23)46-30-24(35)17-39-32(29(30)36)47-28-14-21(16-37)8-10-27(28)45-19-20-6-4-3-5-7-20/h3-11,14-15,17-18H,12-13,19H2,1-2H3,(H,43,44). The van der Waals surface area contributed by atoms with Crippen LogP contribution in [0.15, 0.2) is 94.2 Å². The van der Waals surface area contributed by atoms with Crippen LogP contribution in [0, 0.1) is 23.0 Å². The van der Waals surface area contributed by atoms with Gasteiger partial charge < -0.3 is 28.8 Å². The van der Waals surface area contributed by atoms with Crippen molar-refractivity contribution in [2.24, 2.45) is 12.0 Å². The van der Waals surface area contributed by atoms with E-state index in [-0.39, 0.29) is 35.1 Å². The highest BCUT2D eigenvalue weighted by Gasteiger charge is 2.25. The molecule has 6 rings (SSSR count). The van der Waals surface area contributed by atoms with Crippen LogP contribution in [0.25, 0.3) is 0 Å². The Bertz CT molecular complexity index is 2080. The number of carboxylic acid groups (broad SMARTS) is 1. The van der Waals surface area contributed by atoms with E-state index in [2.05, 4.69) is 15.0 Å². The second-order valence-corrected chi connectivity index (χ2v) is 11.5. The van der Waals surface area contributed by atoms with Crippen molar-refractivity contribution < 1.29 is 32.9 Å². The third-order valence-corrected chi connectivity index (χ3v) is 8.30. The maximum atomic E-state index is 16.0. The Labute approximate surface area is 277 Å². The maximum Gasteiger partial charge on any atom is 0.354 e. The number of carboxylic acids is 1. The van der Waals surface area contributed by atoms with Gasteiger partial charge in [0.15, 0.2) is 22.5 Å². The smallest absolute Gasteiger partial charge is 0.354 e. The number of amidine groups is 1. The van der Waals surface area contributed by atoms with E-state index in [0.29, 0.717) is 34.5 Å². The topological polar surface area (TPSA) is 135 Å². The molecule has 14 heteroatoms. The number of hydrogen-bond donors (Lipinski definition) is 1. The summed E-state index contributed by atoms with van der Waals surface area (Å²) in [6.07, 6.45) is 2.04. The van der Waals surface area contributed by atoms with Crippen LogP contribution in [0.2, 0.25) is 0 Å². The van der Waals surface area contributed by atoms with Gasteiger partial charge in [0.1, 0.15) is 23.9 Å². The van der Waals surface area contributed by atoms with E-state index >= 15 is 8.78 Å². The number of halogens is 2. The van der Waals surface area contributed by atoms with Crippen LogP contribution in [0.5, 0.6) is 28.9 Å². The number of likely N-dealkylation sites (N-methyl/N-ethyl adjacent to an activating group) is 1. The zero-order chi connectivity index (χ0) is 33.8. The first-order chi connectivity index (χ1) is 23.2. The van der Waals surface area contributed by atoms with Crippen LogP contribution in [0.1, 0.15) is 27.2 Å². The number of hydrogen-bond acceptors (Lipinski definition) is 10. The van der Waals surface area contributed by atoms with Gasteiger partial charge in [0.25, 0.3) is 5.88 Å². The van der Waals surface area contributed by atoms with E-state index in [1.54, 1.807) is 25.2 Å². The number of aromatic carboxylic acids is 1. The second-order valence-electron chi connectivity index (χ2n) is 10.5. The van der Waals surface area contributed by atoms with Gasteiger partial charge in [-0.25, -0.2) is 19.2 Å². The van der Waals surface area contributed by atoms with Crippen molar-refractivity contribution in [1.29, 1.82) is 5.26 Å². The van der Waals surface area contributed by atoms with Gasteiger partial charge in [0.05, 0.1) is 36.1 Å². The fourth-order valence-corrected chi connectivity index (χ4v) is 5.64. The van der Waals surface area contributed by atoms with Crippen LogP contribution in [-0.4, -0.2) is 56.5 Å². The van der Waals surface area contributed by atoms with Crippen molar-refractivity contribution in [2.45, 2.75) is 16.7 Å². The molecule has 48 heavy (non-hydrogen) atoms. The molecule has 1 aliphatic rings. The predicted octanol–water partition coefficient (Wildman–Crippen LogP) is 6.67. The van der Waals surface area contributed by atoms with Gasteiger partial charge in [0.2, 0.25) is 11.6 Å². The van der Waals surface area contributed by atoms with Gasteiger partial charge in [0, 0.05) is 31.6 Å². The minimum atomic E-state index is -1.22. The summed E-state index contributed by atoms with van der Waals surface area (Å²) in [6, 6.07) is 20.7. The Hall–Kier alpha value is -5.94. The average molecular weight is 669 g/mol. The molecule has 0 fully saturated rings. The molecule has 0 saturated carbocycles. The Kier molecular flexibility index (Phi) is 9.22. The normalized spacial score (nSPS) is 12.4. The molecular weight excluding hydrogens is 642 g/mol. The fourth-order valence-electron chi connectivity index (χ4n) is 4.77. The molecule has 11 nitrogen and oxygen atoms in total. The lowest BCUT2D eigenvalue weighted by Crippen LogP contribution is -2.24. The average Bonchev–Trinajstić information content (AvgIpc) is 3.69. The molecular formula is C34H26F2N6O5S. The molecule has 0 atom stereocenters. The highest BCUT2D eigenvalue weighted by Crippen LogP contribution is 2.39. The Morgan fingerprint density at radius 3 is 2.50 bits per heavy atom. The van der Waals surface area contributed by atoms with Crippen molar-refractivity contribution in [3.05, 3.63) is 113 Å². The Morgan fingerprint density at radius 1 is 1.00 bits per heavy atom. The lowest BCUT2D eigenvalue weighted by atomic mass is 10.1. The molecule has 0 amide bonds. The molecule has 0 aliphatic carbocycles. The number of aliphatic imine (C=N–C) groups is 1. The second kappa shape index (κ2) is 13.8. The van der Waals surface area contributed by atoms with Gasteiger partial charge >= 0.3 is 5.97 Å². The van der Waals surface area contributed by atoms with Gasteiger partial charge in [-0.05, 0) is 35.9 Å². The minimum Gasteiger partial charge on any atom is -0.485 e. The zero-order valence-electron chi connectivity index (χ0n) is 25.6. The molecule has 2 aromatic heterocycles. The summed E-state index contributed by atoms with van der Waals surface area (Å²) < 4.78 is 50.1. The molecule has 1 aliphatic heterocycles. The Morgan fingerprint density at radius 2 is 1.79 bits per heavy atom. The van der Waals surface area contributed by atoms with Crippen molar-refractivity contribution in [3.63, 3.8) is 0 Å². The molecule has 3 heterocycles. The lowest BCUT2D eigenvalue weighted by Gasteiger charge is -2.19. The maximum absolute atomic E-state index is 16.0.